The summed E-state index contributed by atoms with van der Waals surface area (Å²) in [5.41, 5.74) is 1.25. The van der Waals surface area contributed by atoms with Crippen molar-refractivity contribution in [2.45, 2.75) is 6.61 Å². The third-order valence-electron chi connectivity index (χ3n) is 2.81. The van der Waals surface area contributed by atoms with Crippen molar-refractivity contribution in [3.05, 3.63) is 59.7 Å². The topological polar surface area (TPSA) is 63.8 Å². The van der Waals surface area contributed by atoms with E-state index in [4.69, 9.17) is 14.8 Å². The van der Waals surface area contributed by atoms with Crippen molar-refractivity contribution >= 4 is 6.21 Å². The second-order valence-corrected chi connectivity index (χ2v) is 4.50. The minimum atomic E-state index is -2.84. The summed E-state index contributed by atoms with van der Waals surface area (Å²) in [5.74, 6) is 0.718. The predicted octanol–water partition coefficient (Wildman–Crippen LogP) is 3.59. The van der Waals surface area contributed by atoms with Gasteiger partial charge in [-0.1, -0.05) is 5.16 Å². The van der Waals surface area contributed by atoms with Gasteiger partial charge in [-0.3, -0.25) is 0 Å². The monoisotopic (exact) mass is 332 g/mol. The molecule has 0 heterocycles. The summed E-state index contributed by atoms with van der Waals surface area (Å²) in [5, 5.41) is 12.4. The van der Waals surface area contributed by atoms with Gasteiger partial charge in [-0.15, -0.1) is 0 Å². The molecular formula is C17H14F2N2O3. The molecule has 0 saturated carbocycles. The summed E-state index contributed by atoms with van der Waals surface area (Å²) < 4.78 is 33.7. The molecule has 0 aliphatic carbocycles. The van der Waals surface area contributed by atoms with E-state index in [0.29, 0.717) is 23.5 Å². The number of rotatable bonds is 8. The number of alkyl halides is 2. The second-order valence-electron chi connectivity index (χ2n) is 4.50. The fourth-order valence-electron chi connectivity index (χ4n) is 1.71. The Morgan fingerprint density at radius 3 is 2.29 bits per heavy atom. The van der Waals surface area contributed by atoms with E-state index in [0.717, 1.165) is 0 Å². The quantitative estimate of drug-likeness (QED) is 0.421. The smallest absolute Gasteiger partial charge is 0.387 e. The maximum Gasteiger partial charge on any atom is 0.387 e. The molecule has 0 aliphatic rings. The third-order valence-corrected chi connectivity index (χ3v) is 2.81. The van der Waals surface area contributed by atoms with Crippen molar-refractivity contribution in [2.75, 3.05) is 13.2 Å². The van der Waals surface area contributed by atoms with Crippen LogP contribution in [0.3, 0.4) is 0 Å². The number of hydrogen-bond acceptors (Lipinski definition) is 5. The summed E-state index contributed by atoms with van der Waals surface area (Å²) in [6.07, 6.45) is 1.45. The van der Waals surface area contributed by atoms with E-state index in [9.17, 15) is 8.78 Å². The zero-order valence-corrected chi connectivity index (χ0v) is 12.6. The van der Waals surface area contributed by atoms with E-state index in [1.54, 1.807) is 36.4 Å². The molecule has 0 aromatic heterocycles. The number of oxime groups is 1. The van der Waals surface area contributed by atoms with Crippen LogP contribution in [-0.4, -0.2) is 26.0 Å². The molecular weight excluding hydrogens is 318 g/mol. The minimum Gasteiger partial charge on any atom is -0.490 e. The molecule has 0 radical (unpaired) electrons. The zero-order valence-electron chi connectivity index (χ0n) is 12.6. The fraction of sp³-hybridized carbons (Fsp3) is 0.176. The van der Waals surface area contributed by atoms with Crippen LogP contribution in [0.4, 0.5) is 8.78 Å². The highest BCUT2D eigenvalue weighted by Gasteiger charge is 2.02. The number of hydrogen-bond donors (Lipinski definition) is 0. The average Bonchev–Trinajstić information content (AvgIpc) is 2.59. The van der Waals surface area contributed by atoms with Crippen molar-refractivity contribution in [1.82, 2.24) is 0 Å². The summed E-state index contributed by atoms with van der Waals surface area (Å²) in [7, 11) is 0. The second kappa shape index (κ2) is 9.10. The van der Waals surface area contributed by atoms with Crippen LogP contribution in [0.25, 0.3) is 0 Å². The molecule has 0 spiro atoms. The molecule has 0 atom stereocenters. The zero-order chi connectivity index (χ0) is 17.2. The molecule has 0 fully saturated rings. The van der Waals surface area contributed by atoms with E-state index >= 15 is 0 Å². The molecule has 0 bridgehead atoms. The maximum atomic E-state index is 12.0. The highest BCUT2D eigenvalue weighted by molar-refractivity contribution is 5.79. The molecule has 2 rings (SSSR count). The molecule has 0 aliphatic heterocycles. The lowest BCUT2D eigenvalue weighted by atomic mass is 10.2. The van der Waals surface area contributed by atoms with Gasteiger partial charge in [-0.25, -0.2) is 0 Å². The number of halogens is 2. The van der Waals surface area contributed by atoms with Crippen LogP contribution >= 0.6 is 0 Å². The van der Waals surface area contributed by atoms with Gasteiger partial charge in [0.05, 0.1) is 17.8 Å². The molecule has 7 heteroatoms. The molecule has 0 N–H and O–H groups in total. The summed E-state index contributed by atoms with van der Waals surface area (Å²) >= 11 is 0. The van der Waals surface area contributed by atoms with Crippen LogP contribution in [0, 0.1) is 11.3 Å². The predicted molar refractivity (Wildman–Crippen MR) is 83.3 cm³/mol. The van der Waals surface area contributed by atoms with Crippen molar-refractivity contribution in [1.29, 1.82) is 5.26 Å². The Kier molecular flexibility index (Phi) is 6.53. The van der Waals surface area contributed by atoms with Gasteiger partial charge in [0.25, 0.3) is 0 Å². The lowest BCUT2D eigenvalue weighted by Gasteiger charge is -2.05. The Morgan fingerprint density at radius 1 is 1.00 bits per heavy atom. The lowest BCUT2D eigenvalue weighted by Crippen LogP contribution is -2.04. The van der Waals surface area contributed by atoms with Crippen LogP contribution in [0.1, 0.15) is 11.1 Å². The van der Waals surface area contributed by atoms with E-state index < -0.39 is 6.61 Å². The Bertz CT molecular complexity index is 695. The maximum absolute atomic E-state index is 12.0. The van der Waals surface area contributed by atoms with E-state index in [1.807, 2.05) is 6.07 Å². The Labute approximate surface area is 137 Å². The number of nitrogens with zero attached hydrogens (tertiary/aromatic N) is 2. The molecule has 2 aromatic carbocycles. The van der Waals surface area contributed by atoms with Gasteiger partial charge in [-0.05, 0) is 54.1 Å². The first kappa shape index (κ1) is 17.2. The number of ether oxygens (including phenoxy) is 2. The molecule has 24 heavy (non-hydrogen) atoms. The van der Waals surface area contributed by atoms with Crippen LogP contribution < -0.4 is 9.47 Å². The molecule has 5 nitrogen and oxygen atoms in total. The van der Waals surface area contributed by atoms with Crippen LogP contribution in [0.2, 0.25) is 0 Å². The highest BCUT2D eigenvalue weighted by Crippen LogP contribution is 2.14. The van der Waals surface area contributed by atoms with Crippen LogP contribution in [-0.2, 0) is 4.84 Å². The Balaban J connectivity index is 1.68. The molecule has 0 unspecified atom stereocenters. The summed E-state index contributed by atoms with van der Waals surface area (Å²) in [6, 6.07) is 14.7. The molecule has 0 saturated heterocycles. The van der Waals surface area contributed by atoms with Crippen molar-refractivity contribution in [3.8, 4) is 17.6 Å². The van der Waals surface area contributed by atoms with Gasteiger partial charge in [-0.2, -0.15) is 14.0 Å². The van der Waals surface area contributed by atoms with Gasteiger partial charge >= 0.3 is 6.61 Å². The molecule has 2 aromatic rings. The van der Waals surface area contributed by atoms with Crippen LogP contribution in [0.15, 0.2) is 53.7 Å². The van der Waals surface area contributed by atoms with Gasteiger partial charge in [0.2, 0.25) is 0 Å². The fourth-order valence-corrected chi connectivity index (χ4v) is 1.71. The number of nitriles is 1. The highest BCUT2D eigenvalue weighted by atomic mass is 19.3. The lowest BCUT2D eigenvalue weighted by molar-refractivity contribution is -0.0498. The SMILES string of the molecule is N#Cc1ccc(OCCO/N=C/c2ccc(OC(F)F)cc2)cc1. The van der Waals surface area contributed by atoms with Crippen molar-refractivity contribution in [2.24, 2.45) is 5.16 Å². The standard InChI is InChI=1S/C17H14F2N2O3/c18-17(19)24-16-7-3-14(4-8-16)12-21-23-10-9-22-15-5-1-13(11-20)2-6-15/h1-8,12,17H,9-10H2/b21-12+. The molecule has 0 amide bonds. The van der Waals surface area contributed by atoms with Gasteiger partial charge < -0.3 is 14.3 Å². The van der Waals surface area contributed by atoms with E-state index in [1.165, 1.54) is 18.3 Å². The number of benzene rings is 2. The van der Waals surface area contributed by atoms with Crippen LogP contribution in [0.5, 0.6) is 11.5 Å². The first-order valence-electron chi connectivity index (χ1n) is 7.00. The normalized spacial score (nSPS) is 10.6. The minimum absolute atomic E-state index is 0.0823. The first-order chi connectivity index (χ1) is 11.7. The van der Waals surface area contributed by atoms with E-state index in [2.05, 4.69) is 9.89 Å². The Morgan fingerprint density at radius 2 is 1.67 bits per heavy atom. The van der Waals surface area contributed by atoms with Gasteiger partial charge in [0, 0.05) is 0 Å². The summed E-state index contributed by atoms with van der Waals surface area (Å²) in [6.45, 7) is -2.31. The van der Waals surface area contributed by atoms with Gasteiger partial charge in [0.1, 0.15) is 18.1 Å². The van der Waals surface area contributed by atoms with Gasteiger partial charge in [0.15, 0.2) is 6.61 Å². The third kappa shape index (κ3) is 5.93. The van der Waals surface area contributed by atoms with E-state index in [-0.39, 0.29) is 12.4 Å². The Hall–Kier alpha value is -3.14. The molecule has 124 valence electrons. The average molecular weight is 332 g/mol. The van der Waals surface area contributed by atoms with Crippen molar-refractivity contribution < 1.29 is 23.1 Å². The first-order valence-corrected chi connectivity index (χ1v) is 7.00. The van der Waals surface area contributed by atoms with Crippen molar-refractivity contribution in [3.63, 3.8) is 0 Å². The summed E-state index contributed by atoms with van der Waals surface area (Å²) in [4.78, 5) is 5.04. The largest absolute Gasteiger partial charge is 0.490 e.